The number of ether oxygens (including phenoxy) is 1. The van der Waals surface area contributed by atoms with Crippen molar-refractivity contribution in [3.63, 3.8) is 0 Å². The van der Waals surface area contributed by atoms with Gasteiger partial charge in [-0.05, 0) is 19.8 Å². The molecule has 0 aromatic rings. The average Bonchev–Trinajstić information content (AvgIpc) is 1.96. The van der Waals surface area contributed by atoms with E-state index in [4.69, 9.17) is 11.8 Å². The summed E-state index contributed by atoms with van der Waals surface area (Å²) in [7, 11) is 1.40. The first-order valence-corrected chi connectivity index (χ1v) is 7.52. The molecule has 0 atom stereocenters. The van der Waals surface area contributed by atoms with Crippen LogP contribution in [0.4, 0.5) is 0 Å². The molecule has 0 aromatic heterocycles. The molecule has 0 amide bonds. The molecule has 0 aromatic carbocycles. The van der Waals surface area contributed by atoms with E-state index in [1.807, 2.05) is 13.3 Å². The predicted molar refractivity (Wildman–Crippen MR) is 55.4 cm³/mol. The summed E-state index contributed by atoms with van der Waals surface area (Å²) in [6.07, 6.45) is -0.0335. The monoisotopic (exact) mass is 209 g/mol. The van der Waals surface area contributed by atoms with Crippen molar-refractivity contribution in [1.29, 1.82) is 0 Å². The molecule has 0 fully saturated rings. The number of esters is 1. The molecule has 0 aliphatic heterocycles. The van der Waals surface area contributed by atoms with E-state index in [0.29, 0.717) is 6.42 Å². The minimum atomic E-state index is -1.30. The number of hydrogen-bond donors (Lipinski definition) is 1. The topological polar surface area (TPSA) is 38.3 Å². The standard InChI is InChI=1S/C7H16NO2PS/c1-10-7(9)5-4-6-8-11(2,3)12/h4-6H2,1-3H3,(H,8,12). The van der Waals surface area contributed by atoms with Crippen LogP contribution in [-0.2, 0) is 21.3 Å². The van der Waals surface area contributed by atoms with Crippen molar-refractivity contribution in [1.82, 2.24) is 5.09 Å². The van der Waals surface area contributed by atoms with Crippen molar-refractivity contribution in [3.8, 4) is 0 Å². The Kier molecular flexibility index (Phi) is 5.72. The van der Waals surface area contributed by atoms with E-state index in [0.717, 1.165) is 13.0 Å². The summed E-state index contributed by atoms with van der Waals surface area (Å²) >= 11 is 5.18. The quantitative estimate of drug-likeness (QED) is 0.419. The molecule has 3 nitrogen and oxygen atoms in total. The third kappa shape index (κ3) is 8.18. The maximum Gasteiger partial charge on any atom is 0.305 e. The Morgan fingerprint density at radius 2 is 2.17 bits per heavy atom. The maximum absolute atomic E-state index is 10.7. The van der Waals surface area contributed by atoms with Gasteiger partial charge in [-0.25, -0.2) is 0 Å². The Hall–Kier alpha value is 0.0800. The highest BCUT2D eigenvalue weighted by Gasteiger charge is 2.02. The van der Waals surface area contributed by atoms with Gasteiger partial charge in [0, 0.05) is 19.2 Å². The second-order valence-electron chi connectivity index (χ2n) is 2.94. The lowest BCUT2D eigenvalue weighted by Crippen LogP contribution is -2.12. The Labute approximate surface area is 78.9 Å². The van der Waals surface area contributed by atoms with Gasteiger partial charge in [-0.1, -0.05) is 11.8 Å². The van der Waals surface area contributed by atoms with Crippen LogP contribution in [0.1, 0.15) is 12.8 Å². The van der Waals surface area contributed by atoms with Crippen LogP contribution >= 0.6 is 6.19 Å². The highest BCUT2D eigenvalue weighted by atomic mass is 32.4. The third-order valence-electron chi connectivity index (χ3n) is 1.28. The minimum absolute atomic E-state index is 0.155. The number of nitrogens with one attached hydrogen (secondary N) is 1. The van der Waals surface area contributed by atoms with E-state index in [1.165, 1.54) is 7.11 Å². The van der Waals surface area contributed by atoms with Gasteiger partial charge >= 0.3 is 5.97 Å². The second kappa shape index (κ2) is 5.68. The van der Waals surface area contributed by atoms with E-state index in [-0.39, 0.29) is 5.97 Å². The zero-order chi connectivity index (χ0) is 9.61. The molecular formula is C7H16NO2PS. The molecule has 0 rings (SSSR count). The largest absolute Gasteiger partial charge is 0.469 e. The van der Waals surface area contributed by atoms with E-state index >= 15 is 0 Å². The van der Waals surface area contributed by atoms with Crippen molar-refractivity contribution in [2.75, 3.05) is 27.0 Å². The van der Waals surface area contributed by atoms with E-state index < -0.39 is 6.19 Å². The zero-order valence-corrected chi connectivity index (χ0v) is 9.50. The molecule has 0 unspecified atom stereocenters. The minimum Gasteiger partial charge on any atom is -0.469 e. The van der Waals surface area contributed by atoms with Gasteiger partial charge in [0.1, 0.15) is 0 Å². The molecule has 0 saturated carbocycles. The molecule has 0 saturated heterocycles. The summed E-state index contributed by atoms with van der Waals surface area (Å²) < 4.78 is 4.50. The number of methoxy groups -OCH3 is 1. The molecule has 5 heteroatoms. The summed E-state index contributed by atoms with van der Waals surface area (Å²) in [4.78, 5) is 10.7. The summed E-state index contributed by atoms with van der Waals surface area (Å²) in [6, 6.07) is 0. The summed E-state index contributed by atoms with van der Waals surface area (Å²) in [5.41, 5.74) is 0. The van der Waals surface area contributed by atoms with Gasteiger partial charge in [0.15, 0.2) is 0 Å². The Balaban J connectivity index is 3.34. The van der Waals surface area contributed by atoms with Crippen molar-refractivity contribution in [2.45, 2.75) is 12.8 Å². The molecule has 0 bridgehead atoms. The molecule has 0 aliphatic carbocycles. The molecule has 12 heavy (non-hydrogen) atoms. The van der Waals surface area contributed by atoms with Crippen LogP contribution in [0.25, 0.3) is 0 Å². The lowest BCUT2D eigenvalue weighted by molar-refractivity contribution is -0.140. The normalized spacial score (nSPS) is 11.2. The first-order valence-electron chi connectivity index (χ1n) is 3.82. The number of hydrogen-bond acceptors (Lipinski definition) is 3. The molecular weight excluding hydrogens is 193 g/mol. The van der Waals surface area contributed by atoms with Crippen LogP contribution in [-0.4, -0.2) is 33.0 Å². The van der Waals surface area contributed by atoms with Crippen LogP contribution in [0, 0.1) is 0 Å². The Morgan fingerprint density at radius 3 is 2.58 bits per heavy atom. The summed E-state index contributed by atoms with van der Waals surface area (Å²) in [6.45, 7) is 4.86. The van der Waals surface area contributed by atoms with Gasteiger partial charge in [0.05, 0.1) is 7.11 Å². The average molecular weight is 209 g/mol. The van der Waals surface area contributed by atoms with Crippen molar-refractivity contribution in [3.05, 3.63) is 0 Å². The van der Waals surface area contributed by atoms with Crippen LogP contribution in [0.2, 0.25) is 0 Å². The first kappa shape index (κ1) is 12.1. The van der Waals surface area contributed by atoms with Gasteiger partial charge in [-0.2, -0.15) is 0 Å². The fourth-order valence-electron chi connectivity index (χ4n) is 0.683. The highest BCUT2D eigenvalue weighted by molar-refractivity contribution is 8.13. The number of rotatable bonds is 5. The molecule has 72 valence electrons. The number of carbonyl (C=O) groups excluding carboxylic acids is 1. The van der Waals surface area contributed by atoms with Gasteiger partial charge in [0.2, 0.25) is 0 Å². The van der Waals surface area contributed by atoms with E-state index in [2.05, 4.69) is 9.82 Å². The van der Waals surface area contributed by atoms with Gasteiger partial charge in [-0.3, -0.25) is 9.88 Å². The van der Waals surface area contributed by atoms with Crippen molar-refractivity contribution < 1.29 is 9.53 Å². The van der Waals surface area contributed by atoms with E-state index in [1.54, 1.807) is 0 Å². The van der Waals surface area contributed by atoms with Gasteiger partial charge < -0.3 is 4.74 Å². The molecule has 0 spiro atoms. The molecule has 0 radical (unpaired) electrons. The highest BCUT2D eigenvalue weighted by Crippen LogP contribution is 2.29. The summed E-state index contributed by atoms with van der Waals surface area (Å²) in [5.74, 6) is -0.155. The smallest absolute Gasteiger partial charge is 0.305 e. The van der Waals surface area contributed by atoms with Crippen LogP contribution in [0.5, 0.6) is 0 Å². The van der Waals surface area contributed by atoms with Crippen LogP contribution < -0.4 is 5.09 Å². The fourth-order valence-corrected chi connectivity index (χ4v) is 1.65. The van der Waals surface area contributed by atoms with Crippen LogP contribution in [0.15, 0.2) is 0 Å². The Morgan fingerprint density at radius 1 is 1.58 bits per heavy atom. The fraction of sp³-hybridized carbons (Fsp3) is 0.857. The molecule has 0 aliphatic rings. The van der Waals surface area contributed by atoms with Gasteiger partial charge in [0.25, 0.3) is 0 Å². The molecule has 1 N–H and O–H groups in total. The zero-order valence-electron chi connectivity index (χ0n) is 7.79. The third-order valence-corrected chi connectivity index (χ3v) is 2.65. The van der Waals surface area contributed by atoms with E-state index in [9.17, 15) is 4.79 Å². The predicted octanol–water partition coefficient (Wildman–Crippen LogP) is 1.18. The molecule has 0 heterocycles. The van der Waals surface area contributed by atoms with Crippen LogP contribution in [0.3, 0.4) is 0 Å². The first-order chi connectivity index (χ1) is 5.45. The van der Waals surface area contributed by atoms with Gasteiger partial charge in [-0.15, -0.1) is 0 Å². The lowest BCUT2D eigenvalue weighted by atomic mass is 10.3. The second-order valence-corrected chi connectivity index (χ2v) is 8.70. The lowest BCUT2D eigenvalue weighted by Gasteiger charge is -2.11. The van der Waals surface area contributed by atoms with Crippen molar-refractivity contribution >= 4 is 24.0 Å². The SMILES string of the molecule is COC(=O)CCCNP(C)(C)=S. The number of carbonyl (C=O) groups is 1. The summed E-state index contributed by atoms with van der Waals surface area (Å²) in [5, 5.41) is 3.22. The Bertz CT molecular complexity index is 190. The van der Waals surface area contributed by atoms with Crippen molar-refractivity contribution in [2.24, 2.45) is 0 Å². The maximum atomic E-state index is 10.7.